The van der Waals surface area contributed by atoms with Crippen LogP contribution < -0.4 is 4.90 Å². The second-order valence-electron chi connectivity index (χ2n) is 6.60. The number of carbonyl (C=O) groups is 1. The molecule has 9 nitrogen and oxygen atoms in total. The molecule has 1 amide bonds. The van der Waals surface area contributed by atoms with Gasteiger partial charge in [0.1, 0.15) is 0 Å². The molecule has 0 unspecified atom stereocenters. The van der Waals surface area contributed by atoms with Crippen LogP contribution in [0.2, 0.25) is 0 Å². The van der Waals surface area contributed by atoms with Crippen LogP contribution in [0.15, 0.2) is 22.9 Å². The van der Waals surface area contributed by atoms with Crippen molar-refractivity contribution in [3.63, 3.8) is 0 Å². The summed E-state index contributed by atoms with van der Waals surface area (Å²) in [7, 11) is -3.26. The lowest BCUT2D eigenvalue weighted by molar-refractivity contribution is 0.0613. The quantitative estimate of drug-likeness (QED) is 0.730. The summed E-state index contributed by atoms with van der Waals surface area (Å²) in [6, 6.07) is 0.875. The Kier molecular flexibility index (Phi) is 3.94. The smallest absolute Gasteiger partial charge is 0.291 e. The number of amides is 1. The molecule has 10 heteroatoms. The van der Waals surface area contributed by atoms with Gasteiger partial charge in [-0.2, -0.15) is 0 Å². The van der Waals surface area contributed by atoms with Crippen LogP contribution in [0.5, 0.6) is 0 Å². The highest BCUT2D eigenvalue weighted by Gasteiger charge is 2.49. The molecule has 138 valence electrons. The van der Waals surface area contributed by atoms with Gasteiger partial charge in [-0.05, 0) is 13.0 Å². The van der Waals surface area contributed by atoms with Gasteiger partial charge in [0, 0.05) is 32.4 Å². The molecule has 2 aliphatic rings. The van der Waals surface area contributed by atoms with E-state index < -0.39 is 15.9 Å². The first-order chi connectivity index (χ1) is 12.4. The third-order valence-electron chi connectivity index (χ3n) is 4.84. The van der Waals surface area contributed by atoms with E-state index in [0.29, 0.717) is 30.6 Å². The maximum absolute atomic E-state index is 13.0. The third kappa shape index (κ3) is 2.83. The molecule has 2 atom stereocenters. The summed E-state index contributed by atoms with van der Waals surface area (Å²) in [6.45, 7) is 4.21. The third-order valence-corrected chi connectivity index (χ3v) is 6.54. The van der Waals surface area contributed by atoms with E-state index in [2.05, 4.69) is 15.0 Å². The van der Waals surface area contributed by atoms with Crippen LogP contribution >= 0.6 is 0 Å². The number of piperazine rings is 1. The van der Waals surface area contributed by atoms with E-state index in [1.807, 2.05) is 4.90 Å². The topological polar surface area (TPSA) is 110 Å². The Bertz CT molecular complexity index is 943. The summed E-state index contributed by atoms with van der Waals surface area (Å²) in [5, 5.41) is 0. The fourth-order valence-electron chi connectivity index (χ4n) is 3.75. The lowest BCUT2D eigenvalue weighted by atomic mass is 10.0. The first-order valence-corrected chi connectivity index (χ1v) is 10.2. The summed E-state index contributed by atoms with van der Waals surface area (Å²) in [4.78, 5) is 29.1. The Morgan fingerprint density at radius 3 is 2.50 bits per heavy atom. The van der Waals surface area contributed by atoms with Gasteiger partial charge in [-0.15, -0.1) is 0 Å². The van der Waals surface area contributed by atoms with Gasteiger partial charge in [-0.3, -0.25) is 4.79 Å². The lowest BCUT2D eigenvalue weighted by Gasteiger charge is -2.43. The van der Waals surface area contributed by atoms with E-state index in [0.717, 1.165) is 0 Å². The predicted molar refractivity (Wildman–Crippen MR) is 92.6 cm³/mol. The molecule has 0 saturated carbocycles. The van der Waals surface area contributed by atoms with E-state index in [9.17, 15) is 13.2 Å². The van der Waals surface area contributed by atoms with Gasteiger partial charge >= 0.3 is 0 Å². The maximum Gasteiger partial charge on any atom is 0.291 e. The van der Waals surface area contributed by atoms with E-state index in [4.69, 9.17) is 4.42 Å². The van der Waals surface area contributed by atoms with Crippen LogP contribution in [0.1, 0.15) is 22.1 Å². The second-order valence-corrected chi connectivity index (χ2v) is 8.75. The van der Waals surface area contributed by atoms with E-state index in [-0.39, 0.29) is 29.2 Å². The predicted octanol–water partition coefficient (Wildman–Crippen LogP) is 0.209. The summed E-state index contributed by atoms with van der Waals surface area (Å²) >= 11 is 0. The van der Waals surface area contributed by atoms with Gasteiger partial charge in [0.05, 0.1) is 29.3 Å². The highest BCUT2D eigenvalue weighted by atomic mass is 32.2. The van der Waals surface area contributed by atoms with E-state index in [1.54, 1.807) is 37.2 Å². The summed E-state index contributed by atoms with van der Waals surface area (Å²) in [5.74, 6) is 0.669. The molecule has 2 aromatic rings. The summed E-state index contributed by atoms with van der Waals surface area (Å²) in [5.41, 5.74) is 0.513. The van der Waals surface area contributed by atoms with Gasteiger partial charge in [0.2, 0.25) is 11.7 Å². The normalized spacial score (nSPS) is 24.5. The average molecular weight is 377 g/mol. The van der Waals surface area contributed by atoms with Gasteiger partial charge in [-0.1, -0.05) is 0 Å². The molecule has 4 heterocycles. The Labute approximate surface area is 151 Å². The minimum atomic E-state index is -3.26. The molecule has 26 heavy (non-hydrogen) atoms. The zero-order chi connectivity index (χ0) is 18.5. The minimum absolute atomic E-state index is 0.0197. The van der Waals surface area contributed by atoms with Crippen molar-refractivity contribution in [2.75, 3.05) is 29.5 Å². The standard InChI is InChI=1S/C16H19N5O4S/c1-10-14(25-11(2)19-10)15(22)20-6-7-21(16-17-4-3-5-18-16)13-9-26(23,24)8-12(13)20/h3-5,12-13H,6-9H2,1-2H3/t12-,13+/m0/s1. The molecule has 0 aromatic carbocycles. The van der Waals surface area contributed by atoms with Gasteiger partial charge < -0.3 is 14.2 Å². The molecule has 0 N–H and O–H groups in total. The molecule has 4 rings (SSSR count). The zero-order valence-electron chi connectivity index (χ0n) is 14.5. The number of carbonyl (C=O) groups excluding carboxylic acids is 1. The molecule has 0 spiro atoms. The number of nitrogens with zero attached hydrogens (tertiary/aromatic N) is 5. The Balaban J connectivity index is 1.67. The van der Waals surface area contributed by atoms with Crippen molar-refractivity contribution in [2.24, 2.45) is 0 Å². The molecular weight excluding hydrogens is 358 g/mol. The molecule has 2 aliphatic heterocycles. The lowest BCUT2D eigenvalue weighted by Crippen LogP contribution is -2.61. The Hall–Kier alpha value is -2.49. The molecular formula is C16H19N5O4S. The molecule has 0 radical (unpaired) electrons. The van der Waals surface area contributed by atoms with Crippen LogP contribution in [-0.2, 0) is 9.84 Å². The minimum Gasteiger partial charge on any atom is -0.436 e. The van der Waals surface area contributed by atoms with Crippen LogP contribution in [0, 0.1) is 13.8 Å². The van der Waals surface area contributed by atoms with Gasteiger partial charge in [-0.25, -0.2) is 23.4 Å². The Morgan fingerprint density at radius 2 is 1.85 bits per heavy atom. The van der Waals surface area contributed by atoms with Crippen LogP contribution in [-0.4, -0.2) is 70.9 Å². The number of aryl methyl sites for hydroxylation is 2. The number of sulfone groups is 1. The van der Waals surface area contributed by atoms with Crippen LogP contribution in [0.3, 0.4) is 0 Å². The van der Waals surface area contributed by atoms with E-state index >= 15 is 0 Å². The molecule has 2 aromatic heterocycles. The number of fused-ring (bicyclic) bond motifs is 1. The van der Waals surface area contributed by atoms with Crippen molar-refractivity contribution in [1.82, 2.24) is 19.9 Å². The molecule has 2 saturated heterocycles. The van der Waals surface area contributed by atoms with Crippen molar-refractivity contribution in [1.29, 1.82) is 0 Å². The summed E-state index contributed by atoms with van der Waals surface area (Å²) in [6.07, 6.45) is 3.25. The number of aromatic nitrogens is 3. The van der Waals surface area contributed by atoms with Gasteiger partial charge in [0.25, 0.3) is 5.91 Å². The average Bonchev–Trinajstić information content (AvgIpc) is 3.11. The van der Waals surface area contributed by atoms with Crippen molar-refractivity contribution in [3.8, 4) is 0 Å². The first-order valence-electron chi connectivity index (χ1n) is 8.35. The summed E-state index contributed by atoms with van der Waals surface area (Å²) < 4.78 is 30.1. The Morgan fingerprint density at radius 1 is 1.15 bits per heavy atom. The van der Waals surface area contributed by atoms with Crippen molar-refractivity contribution in [2.45, 2.75) is 25.9 Å². The molecule has 2 fully saturated rings. The van der Waals surface area contributed by atoms with Gasteiger partial charge in [0.15, 0.2) is 15.7 Å². The van der Waals surface area contributed by atoms with E-state index in [1.165, 1.54) is 0 Å². The number of hydrogen-bond acceptors (Lipinski definition) is 8. The fraction of sp³-hybridized carbons (Fsp3) is 0.500. The van der Waals surface area contributed by atoms with Crippen molar-refractivity contribution < 1.29 is 17.6 Å². The maximum atomic E-state index is 13.0. The zero-order valence-corrected chi connectivity index (χ0v) is 15.3. The fourth-order valence-corrected chi connectivity index (χ4v) is 5.73. The van der Waals surface area contributed by atoms with Crippen LogP contribution in [0.25, 0.3) is 0 Å². The number of rotatable bonds is 2. The largest absolute Gasteiger partial charge is 0.436 e. The highest BCUT2D eigenvalue weighted by molar-refractivity contribution is 7.91. The monoisotopic (exact) mass is 377 g/mol. The first kappa shape index (κ1) is 17.0. The second kappa shape index (κ2) is 6.04. The number of anilines is 1. The highest BCUT2D eigenvalue weighted by Crippen LogP contribution is 2.30. The number of oxazole rings is 1. The molecule has 0 aliphatic carbocycles. The molecule has 0 bridgehead atoms. The van der Waals surface area contributed by atoms with Crippen LogP contribution in [0.4, 0.5) is 5.95 Å². The van der Waals surface area contributed by atoms with Crippen molar-refractivity contribution >= 4 is 21.7 Å². The number of hydrogen-bond donors (Lipinski definition) is 0. The SMILES string of the molecule is Cc1nc(C)c(C(=O)N2CCN(c3ncccn3)[C@@H]3CS(=O)(=O)C[C@@H]32)o1. The van der Waals surface area contributed by atoms with Crippen molar-refractivity contribution in [3.05, 3.63) is 35.8 Å².